The Hall–Kier alpha value is -0.680. The lowest BCUT2D eigenvalue weighted by Crippen LogP contribution is -2.36. The van der Waals surface area contributed by atoms with Crippen LogP contribution in [0.1, 0.15) is 25.5 Å². The largest absolute Gasteiger partial charge is 0.381 e. The Bertz CT molecular complexity index is 383. The number of rotatable bonds is 3. The third-order valence-electron chi connectivity index (χ3n) is 3.37. The number of anilines is 1. The first-order valence-electron chi connectivity index (χ1n) is 6.19. The summed E-state index contributed by atoms with van der Waals surface area (Å²) in [6.07, 6.45) is 3.59. The van der Waals surface area contributed by atoms with Crippen LogP contribution in [0.4, 0.5) is 5.82 Å². The SMILES string of the molecule is CCN1CCCC(Cc2cc(Br)c(N)nn2)C1. The van der Waals surface area contributed by atoms with Gasteiger partial charge in [-0.25, -0.2) is 0 Å². The lowest BCUT2D eigenvalue weighted by molar-refractivity contribution is 0.181. The standard InChI is InChI=1S/C12H19BrN4/c1-2-17-5-3-4-9(8-17)6-10-7-11(13)12(14)16-15-10/h7,9H,2-6,8H2,1H3,(H2,14,16). The van der Waals surface area contributed by atoms with Crippen molar-refractivity contribution < 1.29 is 0 Å². The molecular weight excluding hydrogens is 280 g/mol. The zero-order valence-electron chi connectivity index (χ0n) is 10.2. The maximum atomic E-state index is 5.64. The smallest absolute Gasteiger partial charge is 0.160 e. The molecule has 0 aromatic carbocycles. The average molecular weight is 299 g/mol. The zero-order valence-corrected chi connectivity index (χ0v) is 11.8. The fourth-order valence-electron chi connectivity index (χ4n) is 2.42. The average Bonchev–Trinajstić information content (AvgIpc) is 2.34. The summed E-state index contributed by atoms with van der Waals surface area (Å²) in [5.41, 5.74) is 6.67. The quantitative estimate of drug-likeness (QED) is 0.928. The van der Waals surface area contributed by atoms with Crippen LogP contribution in [0, 0.1) is 5.92 Å². The molecule has 1 unspecified atom stereocenters. The van der Waals surface area contributed by atoms with Gasteiger partial charge in [0.25, 0.3) is 0 Å². The van der Waals surface area contributed by atoms with Gasteiger partial charge < -0.3 is 10.6 Å². The molecule has 5 heteroatoms. The molecule has 1 atom stereocenters. The summed E-state index contributed by atoms with van der Waals surface area (Å²) in [6.45, 7) is 5.79. The Morgan fingerprint density at radius 3 is 3.06 bits per heavy atom. The Morgan fingerprint density at radius 2 is 2.35 bits per heavy atom. The van der Waals surface area contributed by atoms with Crippen LogP contribution in [-0.2, 0) is 6.42 Å². The predicted octanol–water partition coefficient (Wildman–Crippen LogP) is 2.10. The second kappa shape index (κ2) is 5.78. The molecule has 1 fully saturated rings. The third-order valence-corrected chi connectivity index (χ3v) is 4.01. The molecule has 0 saturated carbocycles. The fourth-order valence-corrected chi connectivity index (χ4v) is 2.76. The van der Waals surface area contributed by atoms with E-state index in [-0.39, 0.29) is 0 Å². The molecule has 0 radical (unpaired) electrons. The normalized spacial score (nSPS) is 21.6. The second-order valence-corrected chi connectivity index (χ2v) is 5.53. The van der Waals surface area contributed by atoms with Crippen molar-refractivity contribution in [2.45, 2.75) is 26.2 Å². The van der Waals surface area contributed by atoms with Crippen LogP contribution >= 0.6 is 15.9 Å². The minimum Gasteiger partial charge on any atom is -0.381 e. The number of likely N-dealkylation sites (tertiary alicyclic amines) is 1. The number of nitrogens with two attached hydrogens (primary N) is 1. The van der Waals surface area contributed by atoms with Crippen LogP contribution < -0.4 is 5.73 Å². The van der Waals surface area contributed by atoms with Gasteiger partial charge in [-0.2, -0.15) is 5.10 Å². The summed E-state index contributed by atoms with van der Waals surface area (Å²) in [5.74, 6) is 1.17. The van der Waals surface area contributed by atoms with Crippen molar-refractivity contribution in [1.82, 2.24) is 15.1 Å². The van der Waals surface area contributed by atoms with Crippen molar-refractivity contribution >= 4 is 21.7 Å². The van der Waals surface area contributed by atoms with E-state index >= 15 is 0 Å². The molecule has 1 aliphatic heterocycles. The van der Waals surface area contributed by atoms with Gasteiger partial charge in [-0.15, -0.1) is 5.10 Å². The molecule has 2 N–H and O–H groups in total. The highest BCUT2D eigenvalue weighted by atomic mass is 79.9. The van der Waals surface area contributed by atoms with Crippen LogP contribution in [0.2, 0.25) is 0 Å². The van der Waals surface area contributed by atoms with Gasteiger partial charge >= 0.3 is 0 Å². The van der Waals surface area contributed by atoms with E-state index in [1.54, 1.807) is 0 Å². The predicted molar refractivity (Wildman–Crippen MR) is 72.7 cm³/mol. The number of hydrogen-bond donors (Lipinski definition) is 1. The van der Waals surface area contributed by atoms with Crippen molar-refractivity contribution in [1.29, 1.82) is 0 Å². The topological polar surface area (TPSA) is 55.0 Å². The van der Waals surface area contributed by atoms with Gasteiger partial charge in [0.2, 0.25) is 0 Å². The Balaban J connectivity index is 1.97. The first-order valence-corrected chi connectivity index (χ1v) is 6.98. The van der Waals surface area contributed by atoms with Gasteiger partial charge in [0.1, 0.15) is 0 Å². The molecule has 0 aliphatic carbocycles. The molecule has 0 amide bonds. The molecule has 1 saturated heterocycles. The highest BCUT2D eigenvalue weighted by molar-refractivity contribution is 9.10. The summed E-state index contributed by atoms with van der Waals surface area (Å²) >= 11 is 3.40. The van der Waals surface area contributed by atoms with Gasteiger partial charge in [-0.05, 0) is 60.3 Å². The molecule has 1 aliphatic rings. The van der Waals surface area contributed by atoms with Gasteiger partial charge in [0.05, 0.1) is 10.2 Å². The van der Waals surface area contributed by atoms with Crippen molar-refractivity contribution in [3.63, 3.8) is 0 Å². The number of halogens is 1. The molecular formula is C12H19BrN4. The van der Waals surface area contributed by atoms with E-state index in [1.165, 1.54) is 25.9 Å². The van der Waals surface area contributed by atoms with E-state index in [1.807, 2.05) is 6.07 Å². The first-order chi connectivity index (χ1) is 8.19. The maximum Gasteiger partial charge on any atom is 0.160 e. The number of hydrogen-bond acceptors (Lipinski definition) is 4. The highest BCUT2D eigenvalue weighted by Crippen LogP contribution is 2.22. The highest BCUT2D eigenvalue weighted by Gasteiger charge is 2.19. The van der Waals surface area contributed by atoms with Crippen LogP contribution in [0.15, 0.2) is 10.5 Å². The molecule has 0 bridgehead atoms. The maximum absolute atomic E-state index is 5.64. The van der Waals surface area contributed by atoms with Crippen LogP contribution in [0.25, 0.3) is 0 Å². The van der Waals surface area contributed by atoms with Gasteiger partial charge in [0.15, 0.2) is 5.82 Å². The monoisotopic (exact) mass is 298 g/mol. The van der Waals surface area contributed by atoms with E-state index in [9.17, 15) is 0 Å². The van der Waals surface area contributed by atoms with Crippen LogP contribution in [-0.4, -0.2) is 34.7 Å². The Kier molecular flexibility index (Phi) is 4.34. The minimum absolute atomic E-state index is 0.465. The van der Waals surface area contributed by atoms with Crippen molar-refractivity contribution in [2.75, 3.05) is 25.4 Å². The summed E-state index contributed by atoms with van der Waals surface area (Å²) in [7, 11) is 0. The van der Waals surface area contributed by atoms with Gasteiger partial charge in [0, 0.05) is 6.54 Å². The zero-order chi connectivity index (χ0) is 12.3. The molecule has 0 spiro atoms. The van der Waals surface area contributed by atoms with E-state index in [0.29, 0.717) is 11.7 Å². The van der Waals surface area contributed by atoms with Crippen LogP contribution in [0.3, 0.4) is 0 Å². The van der Waals surface area contributed by atoms with E-state index < -0.39 is 0 Å². The fraction of sp³-hybridized carbons (Fsp3) is 0.667. The first kappa shape index (κ1) is 12.8. The number of aromatic nitrogens is 2. The second-order valence-electron chi connectivity index (χ2n) is 4.67. The number of piperidine rings is 1. The molecule has 2 rings (SSSR count). The summed E-state index contributed by atoms with van der Waals surface area (Å²) in [6, 6.07) is 1.99. The van der Waals surface area contributed by atoms with Gasteiger partial charge in [-0.3, -0.25) is 0 Å². The Morgan fingerprint density at radius 1 is 1.53 bits per heavy atom. The molecule has 2 heterocycles. The third kappa shape index (κ3) is 3.39. The molecule has 94 valence electrons. The van der Waals surface area contributed by atoms with Crippen LogP contribution in [0.5, 0.6) is 0 Å². The van der Waals surface area contributed by atoms with Gasteiger partial charge in [-0.1, -0.05) is 6.92 Å². The lowest BCUT2D eigenvalue weighted by atomic mass is 9.93. The Labute approximate surface area is 111 Å². The van der Waals surface area contributed by atoms with Crippen molar-refractivity contribution in [3.8, 4) is 0 Å². The van der Waals surface area contributed by atoms with E-state index in [4.69, 9.17) is 5.73 Å². The molecule has 1 aromatic heterocycles. The minimum atomic E-state index is 0.465. The summed E-state index contributed by atoms with van der Waals surface area (Å²) in [4.78, 5) is 2.51. The molecule has 4 nitrogen and oxygen atoms in total. The molecule has 1 aromatic rings. The van der Waals surface area contributed by atoms with E-state index in [0.717, 1.165) is 23.1 Å². The summed E-state index contributed by atoms with van der Waals surface area (Å²) < 4.78 is 0.852. The van der Waals surface area contributed by atoms with Crippen molar-refractivity contribution in [3.05, 3.63) is 16.2 Å². The van der Waals surface area contributed by atoms with E-state index in [2.05, 4.69) is 38.0 Å². The molecule has 17 heavy (non-hydrogen) atoms. The lowest BCUT2D eigenvalue weighted by Gasteiger charge is -2.31. The number of nitrogens with zero attached hydrogens (tertiary/aromatic N) is 3. The van der Waals surface area contributed by atoms with Crippen molar-refractivity contribution in [2.24, 2.45) is 5.92 Å². The summed E-state index contributed by atoms with van der Waals surface area (Å²) in [5, 5.41) is 8.11. The number of nitrogen functional groups attached to an aromatic ring is 1.